The molecule has 0 fully saturated rings. The van der Waals surface area contributed by atoms with Crippen LogP contribution in [0.15, 0.2) is 52.7 Å². The molecule has 0 atom stereocenters. The molecule has 164 valence electrons. The molecule has 0 bridgehead atoms. The van der Waals surface area contributed by atoms with Gasteiger partial charge in [0.15, 0.2) is 5.16 Å². The van der Waals surface area contributed by atoms with E-state index in [9.17, 15) is 20.0 Å². The lowest BCUT2D eigenvalue weighted by atomic mass is 10.1. The average molecular weight is 472 g/mol. The van der Waals surface area contributed by atoms with Gasteiger partial charge in [0.2, 0.25) is 5.75 Å². The number of phenolic OH excluding ortho intramolecular Hbond substituents is 1. The number of nitro benzene ring substituents is 1. The van der Waals surface area contributed by atoms with E-state index in [-0.39, 0.29) is 10.6 Å². The average Bonchev–Trinajstić information content (AvgIpc) is 2.74. The summed E-state index contributed by atoms with van der Waals surface area (Å²) in [5.41, 5.74) is 4.96. The van der Waals surface area contributed by atoms with Crippen molar-refractivity contribution in [3.8, 4) is 5.75 Å². The fraction of sp³-hybridized carbons (Fsp3) is 0.143. The van der Waals surface area contributed by atoms with E-state index in [4.69, 9.17) is 11.6 Å². The molecule has 1 aromatic heterocycles. The van der Waals surface area contributed by atoms with Crippen LogP contribution in [0.3, 0.4) is 0 Å². The van der Waals surface area contributed by atoms with E-state index in [1.54, 1.807) is 12.1 Å². The Labute approximate surface area is 192 Å². The van der Waals surface area contributed by atoms with E-state index in [0.717, 1.165) is 29.2 Å². The lowest BCUT2D eigenvalue weighted by Gasteiger charge is -2.05. The van der Waals surface area contributed by atoms with E-state index in [1.165, 1.54) is 17.8 Å². The minimum Gasteiger partial charge on any atom is -0.502 e. The van der Waals surface area contributed by atoms with Crippen molar-refractivity contribution in [2.24, 2.45) is 5.10 Å². The maximum atomic E-state index is 12.3. The number of carbonyl (C=O) groups is 1. The lowest BCUT2D eigenvalue weighted by Crippen LogP contribution is -2.17. The second kappa shape index (κ2) is 10.2. The predicted molar refractivity (Wildman–Crippen MR) is 122 cm³/mol. The Bertz CT molecular complexity index is 1180. The van der Waals surface area contributed by atoms with Gasteiger partial charge < -0.3 is 5.11 Å². The Morgan fingerprint density at radius 3 is 2.50 bits per heavy atom. The molecule has 0 saturated heterocycles. The van der Waals surface area contributed by atoms with Gasteiger partial charge in [0.25, 0.3) is 5.91 Å². The van der Waals surface area contributed by atoms with E-state index < -0.39 is 22.3 Å². The molecule has 32 heavy (non-hydrogen) atoms. The van der Waals surface area contributed by atoms with Crippen molar-refractivity contribution in [2.75, 3.05) is 0 Å². The number of phenols is 1. The van der Waals surface area contributed by atoms with Gasteiger partial charge in [-0.15, -0.1) is 0 Å². The van der Waals surface area contributed by atoms with Crippen molar-refractivity contribution in [2.45, 2.75) is 24.8 Å². The number of carbonyl (C=O) groups excluding carboxylic acids is 1. The van der Waals surface area contributed by atoms with Gasteiger partial charge in [-0.25, -0.2) is 15.4 Å². The number of rotatable bonds is 7. The Balaban J connectivity index is 1.61. The van der Waals surface area contributed by atoms with Gasteiger partial charge in [0.1, 0.15) is 0 Å². The highest BCUT2D eigenvalue weighted by molar-refractivity contribution is 7.98. The van der Waals surface area contributed by atoms with Crippen molar-refractivity contribution in [1.29, 1.82) is 0 Å². The van der Waals surface area contributed by atoms with Gasteiger partial charge in [0, 0.05) is 39.4 Å². The molecule has 0 aliphatic carbocycles. The Kier molecular flexibility index (Phi) is 7.39. The molecule has 3 aromatic rings. The molecule has 2 N–H and O–H groups in total. The third-order valence-corrected chi connectivity index (χ3v) is 5.33. The maximum Gasteiger partial charge on any atom is 0.312 e. The van der Waals surface area contributed by atoms with Gasteiger partial charge in [-0.05, 0) is 43.7 Å². The van der Waals surface area contributed by atoms with Crippen molar-refractivity contribution >= 4 is 41.2 Å². The van der Waals surface area contributed by atoms with Crippen LogP contribution in [0.25, 0.3) is 0 Å². The topological polar surface area (TPSA) is 131 Å². The van der Waals surface area contributed by atoms with Crippen molar-refractivity contribution in [3.05, 3.63) is 85.7 Å². The number of aromatic hydroxyl groups is 1. The summed E-state index contributed by atoms with van der Waals surface area (Å²) in [6.07, 6.45) is 1.08. The number of hydrazone groups is 1. The molecule has 1 heterocycles. The first-order valence-electron chi connectivity index (χ1n) is 9.27. The Morgan fingerprint density at radius 2 is 1.88 bits per heavy atom. The lowest BCUT2D eigenvalue weighted by molar-refractivity contribution is -0.385. The molecule has 0 spiro atoms. The van der Waals surface area contributed by atoms with Crippen LogP contribution in [0.2, 0.25) is 5.02 Å². The molecular weight excluding hydrogens is 454 g/mol. The van der Waals surface area contributed by atoms with Gasteiger partial charge >= 0.3 is 5.69 Å². The number of hydrogen-bond donors (Lipinski definition) is 2. The second-order valence-electron chi connectivity index (χ2n) is 6.74. The van der Waals surface area contributed by atoms with Crippen molar-refractivity contribution < 1.29 is 14.8 Å². The van der Waals surface area contributed by atoms with Gasteiger partial charge in [-0.1, -0.05) is 35.5 Å². The van der Waals surface area contributed by atoms with Crippen LogP contribution in [0, 0.1) is 24.0 Å². The largest absolute Gasteiger partial charge is 0.502 e. The fourth-order valence-electron chi connectivity index (χ4n) is 2.73. The molecule has 0 radical (unpaired) electrons. The summed E-state index contributed by atoms with van der Waals surface area (Å²) >= 11 is 7.33. The normalized spacial score (nSPS) is 11.0. The molecule has 1 amide bonds. The minimum absolute atomic E-state index is 0.00507. The standard InChI is InChI=1S/C21H18ClN5O4S/c1-12-7-13(2)25-21(24-12)32-11-14-3-5-15(6-4-14)20(29)26-23-10-16-8-17(22)9-18(19(16)28)27(30)31/h3-10,28H,11H2,1-2H3,(H,26,29)/b23-10+. The van der Waals surface area contributed by atoms with Crippen LogP contribution >= 0.6 is 23.4 Å². The minimum atomic E-state index is -0.761. The molecule has 3 rings (SSSR count). The quantitative estimate of drug-likeness (QED) is 0.171. The predicted octanol–water partition coefficient (Wildman–Crippen LogP) is 4.42. The molecule has 0 aliphatic heterocycles. The zero-order valence-electron chi connectivity index (χ0n) is 17.1. The SMILES string of the molecule is Cc1cc(C)nc(SCc2ccc(C(=O)N/N=C/c3cc(Cl)cc([N+](=O)[O-])c3O)cc2)n1. The van der Waals surface area contributed by atoms with Gasteiger partial charge in [-0.3, -0.25) is 14.9 Å². The summed E-state index contributed by atoms with van der Waals surface area (Å²) in [6.45, 7) is 3.84. The zero-order valence-corrected chi connectivity index (χ0v) is 18.6. The molecule has 9 nitrogen and oxygen atoms in total. The molecule has 0 unspecified atom stereocenters. The number of hydrogen-bond acceptors (Lipinski definition) is 8. The summed E-state index contributed by atoms with van der Waals surface area (Å²) in [5, 5.41) is 25.4. The van der Waals surface area contributed by atoms with Crippen LogP contribution in [0.5, 0.6) is 5.75 Å². The highest BCUT2D eigenvalue weighted by Crippen LogP contribution is 2.32. The Hall–Kier alpha value is -3.50. The van der Waals surface area contributed by atoms with Gasteiger partial charge in [-0.2, -0.15) is 5.10 Å². The first-order valence-corrected chi connectivity index (χ1v) is 10.6. The first kappa shape index (κ1) is 23.2. The molecule has 2 aromatic carbocycles. The highest BCUT2D eigenvalue weighted by Gasteiger charge is 2.17. The number of nitrogens with one attached hydrogen (secondary N) is 1. The number of nitrogens with zero attached hydrogens (tertiary/aromatic N) is 4. The number of benzene rings is 2. The number of aryl methyl sites for hydroxylation is 2. The summed E-state index contributed by atoms with van der Waals surface area (Å²) in [4.78, 5) is 31.2. The summed E-state index contributed by atoms with van der Waals surface area (Å²) in [5.74, 6) is -0.420. The molecule has 0 saturated carbocycles. The van der Waals surface area contributed by atoms with E-state index in [0.29, 0.717) is 16.5 Å². The van der Waals surface area contributed by atoms with Crippen LogP contribution in [0.4, 0.5) is 5.69 Å². The molecule has 0 aliphatic rings. The first-order chi connectivity index (χ1) is 15.2. The number of nitro groups is 1. The smallest absolute Gasteiger partial charge is 0.312 e. The summed E-state index contributed by atoms with van der Waals surface area (Å²) < 4.78 is 0. The molecular formula is C21H18ClN5O4S. The number of halogens is 1. The van der Waals surface area contributed by atoms with Crippen molar-refractivity contribution in [1.82, 2.24) is 15.4 Å². The van der Waals surface area contributed by atoms with Crippen LogP contribution in [-0.4, -0.2) is 32.1 Å². The van der Waals surface area contributed by atoms with E-state index in [1.807, 2.05) is 32.0 Å². The van der Waals surface area contributed by atoms with E-state index in [2.05, 4.69) is 20.5 Å². The highest BCUT2D eigenvalue weighted by atomic mass is 35.5. The van der Waals surface area contributed by atoms with Crippen molar-refractivity contribution in [3.63, 3.8) is 0 Å². The number of amides is 1. The van der Waals surface area contributed by atoms with E-state index >= 15 is 0 Å². The summed E-state index contributed by atoms with van der Waals surface area (Å²) in [7, 11) is 0. The maximum absolute atomic E-state index is 12.3. The third-order valence-electron chi connectivity index (χ3n) is 4.20. The monoisotopic (exact) mass is 471 g/mol. The number of thioether (sulfide) groups is 1. The van der Waals surface area contributed by atoms with Crippen LogP contribution in [-0.2, 0) is 5.75 Å². The Morgan fingerprint density at radius 1 is 1.22 bits per heavy atom. The summed E-state index contributed by atoms with van der Waals surface area (Å²) in [6, 6.07) is 11.2. The van der Waals surface area contributed by atoms with Crippen LogP contribution in [0.1, 0.15) is 32.9 Å². The number of aromatic nitrogens is 2. The fourth-order valence-corrected chi connectivity index (χ4v) is 3.85. The second-order valence-corrected chi connectivity index (χ2v) is 8.12. The zero-order chi connectivity index (χ0) is 23.3. The molecule has 11 heteroatoms. The van der Waals surface area contributed by atoms with Gasteiger partial charge in [0.05, 0.1) is 11.1 Å². The third kappa shape index (κ3) is 6.02. The van der Waals surface area contributed by atoms with Crippen LogP contribution < -0.4 is 5.43 Å².